The van der Waals surface area contributed by atoms with Crippen LogP contribution in [0.2, 0.25) is 0 Å². The molecular weight excluding hydrogens is 240 g/mol. The number of rotatable bonds is 2. The van der Waals surface area contributed by atoms with Crippen LogP contribution in [-0.2, 0) is 4.79 Å². The number of nitrogens with zero attached hydrogens (tertiary/aromatic N) is 1. The van der Waals surface area contributed by atoms with Gasteiger partial charge in [0.2, 0.25) is 0 Å². The molecule has 2 aliphatic heterocycles. The minimum absolute atomic E-state index is 0. The van der Waals surface area contributed by atoms with Crippen LogP contribution in [0.25, 0.3) is 0 Å². The molecule has 5 nitrogen and oxygen atoms in total. The summed E-state index contributed by atoms with van der Waals surface area (Å²) in [5, 5.41) is 3.33. The van der Waals surface area contributed by atoms with E-state index >= 15 is 0 Å². The standard InChI is InChI=1S/C11H20N4O.ClH/c1-7(2)9-11(16)15-14-10(13-9)8-3-5-12-6-4-8;/h7-9,12H,3-6H2,1-2H3,(H,13,14)(H,15,16);1H. The zero-order chi connectivity index (χ0) is 11.5. The molecule has 1 fully saturated rings. The number of aliphatic imine (C=N–C) groups is 1. The molecule has 98 valence electrons. The zero-order valence-corrected chi connectivity index (χ0v) is 11.1. The van der Waals surface area contributed by atoms with Crippen LogP contribution in [0, 0.1) is 11.8 Å². The summed E-state index contributed by atoms with van der Waals surface area (Å²) in [5.41, 5.74) is 5.67. The van der Waals surface area contributed by atoms with Gasteiger partial charge in [0.05, 0.1) is 0 Å². The number of nitrogens with one attached hydrogen (secondary N) is 3. The van der Waals surface area contributed by atoms with Gasteiger partial charge in [0.1, 0.15) is 11.9 Å². The second-order valence-electron chi connectivity index (χ2n) is 4.84. The molecule has 17 heavy (non-hydrogen) atoms. The van der Waals surface area contributed by atoms with E-state index in [1.54, 1.807) is 0 Å². The Bertz CT molecular complexity index is 300. The van der Waals surface area contributed by atoms with Crippen LogP contribution < -0.4 is 16.2 Å². The highest BCUT2D eigenvalue weighted by atomic mass is 35.5. The van der Waals surface area contributed by atoms with Gasteiger partial charge >= 0.3 is 0 Å². The van der Waals surface area contributed by atoms with Crippen LogP contribution in [0.1, 0.15) is 26.7 Å². The Morgan fingerprint density at radius 2 is 1.88 bits per heavy atom. The van der Waals surface area contributed by atoms with E-state index in [2.05, 4.69) is 21.2 Å². The topological polar surface area (TPSA) is 65.5 Å². The summed E-state index contributed by atoms with van der Waals surface area (Å²) in [4.78, 5) is 16.1. The number of carbonyl (C=O) groups excluding carboxylic acids is 1. The van der Waals surface area contributed by atoms with Crippen molar-refractivity contribution < 1.29 is 4.79 Å². The van der Waals surface area contributed by atoms with Gasteiger partial charge in [0, 0.05) is 5.92 Å². The van der Waals surface area contributed by atoms with Crippen LogP contribution >= 0.6 is 12.4 Å². The van der Waals surface area contributed by atoms with E-state index < -0.39 is 0 Å². The van der Waals surface area contributed by atoms with Crippen molar-refractivity contribution in [3.8, 4) is 0 Å². The summed E-state index contributed by atoms with van der Waals surface area (Å²) in [5.74, 6) is 1.65. The molecule has 1 unspecified atom stereocenters. The van der Waals surface area contributed by atoms with Gasteiger partial charge in [-0.15, -0.1) is 12.4 Å². The van der Waals surface area contributed by atoms with Crippen molar-refractivity contribution in [3.05, 3.63) is 0 Å². The number of hydrogen-bond acceptors (Lipinski definition) is 4. The number of carbonyl (C=O) groups is 1. The summed E-state index contributed by atoms with van der Waals surface area (Å²) >= 11 is 0. The van der Waals surface area contributed by atoms with Gasteiger partial charge in [-0.25, -0.2) is 0 Å². The lowest BCUT2D eigenvalue weighted by atomic mass is 9.95. The summed E-state index contributed by atoms with van der Waals surface area (Å²) in [7, 11) is 0. The maximum Gasteiger partial charge on any atom is 0.263 e. The molecule has 2 aliphatic rings. The predicted molar refractivity (Wildman–Crippen MR) is 70.2 cm³/mol. The van der Waals surface area contributed by atoms with Crippen molar-refractivity contribution in [2.45, 2.75) is 32.7 Å². The molecule has 1 atom stereocenters. The molecule has 2 heterocycles. The number of amides is 1. The van der Waals surface area contributed by atoms with E-state index in [4.69, 9.17) is 0 Å². The highest BCUT2D eigenvalue weighted by Crippen LogP contribution is 2.17. The molecule has 0 aromatic carbocycles. The van der Waals surface area contributed by atoms with E-state index in [1.165, 1.54) is 0 Å². The van der Waals surface area contributed by atoms with Gasteiger partial charge in [-0.2, -0.15) is 0 Å². The molecule has 1 saturated heterocycles. The monoisotopic (exact) mass is 260 g/mol. The lowest BCUT2D eigenvalue weighted by Gasteiger charge is -2.30. The summed E-state index contributed by atoms with van der Waals surface area (Å²) in [6.45, 7) is 6.12. The lowest BCUT2D eigenvalue weighted by molar-refractivity contribution is -0.124. The number of hydrogen-bond donors (Lipinski definition) is 3. The Balaban J connectivity index is 0.00000144. The average molecular weight is 261 g/mol. The molecule has 0 aromatic rings. The van der Waals surface area contributed by atoms with Gasteiger partial charge in [-0.05, 0) is 31.8 Å². The second kappa shape index (κ2) is 6.21. The first-order chi connectivity index (χ1) is 7.68. The maximum atomic E-state index is 11.6. The quantitative estimate of drug-likeness (QED) is 0.676. The lowest BCUT2D eigenvalue weighted by Crippen LogP contribution is -2.55. The van der Waals surface area contributed by atoms with Crippen molar-refractivity contribution >= 4 is 24.1 Å². The molecule has 1 amide bonds. The number of hydrazine groups is 1. The highest BCUT2D eigenvalue weighted by Gasteiger charge is 2.29. The molecule has 0 aromatic heterocycles. The summed E-state index contributed by atoms with van der Waals surface area (Å²) in [6, 6.07) is -0.230. The van der Waals surface area contributed by atoms with Gasteiger partial charge in [-0.3, -0.25) is 20.6 Å². The van der Waals surface area contributed by atoms with E-state index in [0.29, 0.717) is 5.92 Å². The fourth-order valence-corrected chi connectivity index (χ4v) is 2.19. The molecule has 0 radical (unpaired) electrons. The first kappa shape index (κ1) is 14.3. The Morgan fingerprint density at radius 3 is 2.47 bits per heavy atom. The van der Waals surface area contributed by atoms with Crippen LogP contribution in [0.4, 0.5) is 0 Å². The van der Waals surface area contributed by atoms with Crippen LogP contribution in [-0.4, -0.2) is 30.9 Å². The third-order valence-electron chi connectivity index (χ3n) is 3.22. The summed E-state index contributed by atoms with van der Waals surface area (Å²) < 4.78 is 0. The number of amidine groups is 1. The van der Waals surface area contributed by atoms with E-state index in [1.807, 2.05) is 13.8 Å². The van der Waals surface area contributed by atoms with Crippen molar-refractivity contribution in [2.75, 3.05) is 13.1 Å². The molecule has 0 bridgehead atoms. The fourth-order valence-electron chi connectivity index (χ4n) is 2.19. The Hall–Kier alpha value is -0.810. The Morgan fingerprint density at radius 1 is 1.24 bits per heavy atom. The first-order valence-corrected chi connectivity index (χ1v) is 6.02. The average Bonchev–Trinajstić information content (AvgIpc) is 2.30. The van der Waals surface area contributed by atoms with E-state index in [9.17, 15) is 4.79 Å². The second-order valence-corrected chi connectivity index (χ2v) is 4.84. The smallest absolute Gasteiger partial charge is 0.263 e. The van der Waals surface area contributed by atoms with Crippen molar-refractivity contribution in [1.29, 1.82) is 0 Å². The fraction of sp³-hybridized carbons (Fsp3) is 0.818. The van der Waals surface area contributed by atoms with E-state index in [0.717, 1.165) is 31.8 Å². The van der Waals surface area contributed by atoms with Gasteiger partial charge < -0.3 is 5.32 Å². The highest BCUT2D eigenvalue weighted by molar-refractivity contribution is 5.94. The molecular formula is C11H21ClN4O. The molecule has 3 N–H and O–H groups in total. The minimum Gasteiger partial charge on any atom is -0.317 e. The van der Waals surface area contributed by atoms with Crippen molar-refractivity contribution in [3.63, 3.8) is 0 Å². The normalized spacial score (nSPS) is 25.7. The SMILES string of the molecule is CC(C)C1N=C(C2CCNCC2)NNC1=O.Cl. The predicted octanol–water partition coefficient (Wildman–Crippen LogP) is 0.465. The molecule has 0 spiro atoms. The van der Waals surface area contributed by atoms with Crippen molar-refractivity contribution in [2.24, 2.45) is 16.8 Å². The zero-order valence-electron chi connectivity index (χ0n) is 10.3. The molecule has 2 rings (SSSR count). The summed E-state index contributed by atoms with van der Waals surface area (Å²) in [6.07, 6.45) is 2.18. The van der Waals surface area contributed by atoms with E-state index in [-0.39, 0.29) is 30.3 Å². The van der Waals surface area contributed by atoms with Crippen LogP contribution in [0.5, 0.6) is 0 Å². The first-order valence-electron chi connectivity index (χ1n) is 6.02. The third-order valence-corrected chi connectivity index (χ3v) is 3.22. The van der Waals surface area contributed by atoms with Crippen molar-refractivity contribution in [1.82, 2.24) is 16.2 Å². The minimum atomic E-state index is -0.230. The number of piperidine rings is 1. The van der Waals surface area contributed by atoms with Crippen LogP contribution in [0.15, 0.2) is 4.99 Å². The third kappa shape index (κ3) is 3.33. The Kier molecular flexibility index (Phi) is 5.21. The largest absolute Gasteiger partial charge is 0.317 e. The van der Waals surface area contributed by atoms with Gasteiger partial charge in [0.25, 0.3) is 5.91 Å². The number of halogens is 1. The Labute approximate surface area is 108 Å². The molecule has 0 aliphatic carbocycles. The molecule has 6 heteroatoms. The van der Waals surface area contributed by atoms with Gasteiger partial charge in [0.15, 0.2) is 0 Å². The molecule has 0 saturated carbocycles. The van der Waals surface area contributed by atoms with Gasteiger partial charge in [-0.1, -0.05) is 13.8 Å². The van der Waals surface area contributed by atoms with Crippen LogP contribution in [0.3, 0.4) is 0 Å². The maximum absolute atomic E-state index is 11.6.